The number of ether oxygens (including phenoxy) is 2. The van der Waals surface area contributed by atoms with Crippen molar-refractivity contribution in [3.63, 3.8) is 0 Å². The van der Waals surface area contributed by atoms with Crippen LogP contribution in [-0.2, 0) is 4.74 Å². The van der Waals surface area contributed by atoms with Gasteiger partial charge in [0.15, 0.2) is 5.82 Å². The zero-order valence-electron chi connectivity index (χ0n) is 11.2. The maximum absolute atomic E-state index is 6.05. The Hall–Kier alpha value is -1.07. The molecular weight excluding hydrogens is 254 g/mol. The minimum atomic E-state index is 0.141. The number of methoxy groups -OCH3 is 1. The first kappa shape index (κ1) is 15.0. The Bertz CT molecular complexity index is 374. The van der Waals surface area contributed by atoms with Gasteiger partial charge in [0, 0.05) is 6.61 Å². The van der Waals surface area contributed by atoms with Gasteiger partial charge in [0.1, 0.15) is 5.02 Å². The minimum Gasteiger partial charge on any atom is -0.467 e. The third-order valence-corrected chi connectivity index (χ3v) is 2.81. The summed E-state index contributed by atoms with van der Waals surface area (Å²) in [4.78, 5) is 8.12. The van der Waals surface area contributed by atoms with E-state index in [4.69, 9.17) is 21.1 Å². The summed E-state index contributed by atoms with van der Waals surface area (Å²) in [5, 5.41) is 3.74. The lowest BCUT2D eigenvalue weighted by Gasteiger charge is -2.23. The van der Waals surface area contributed by atoms with Crippen LogP contribution in [0.2, 0.25) is 5.02 Å². The predicted octanol–water partition coefficient (Wildman–Crippen LogP) is 2.61. The summed E-state index contributed by atoms with van der Waals surface area (Å²) >= 11 is 6.05. The van der Waals surface area contributed by atoms with Gasteiger partial charge in [-0.3, -0.25) is 0 Å². The lowest BCUT2D eigenvalue weighted by Crippen LogP contribution is -2.31. The molecule has 102 valence electrons. The van der Waals surface area contributed by atoms with Crippen molar-refractivity contribution in [2.24, 2.45) is 5.92 Å². The molecule has 0 bridgehead atoms. The zero-order valence-corrected chi connectivity index (χ0v) is 12.0. The van der Waals surface area contributed by atoms with Crippen LogP contribution in [0.25, 0.3) is 0 Å². The molecule has 0 amide bonds. The number of hydrogen-bond donors (Lipinski definition) is 1. The Morgan fingerprint density at radius 2 is 2.17 bits per heavy atom. The van der Waals surface area contributed by atoms with Crippen molar-refractivity contribution < 1.29 is 9.47 Å². The normalized spacial score (nSPS) is 12.6. The van der Waals surface area contributed by atoms with Crippen molar-refractivity contribution in [2.75, 3.05) is 25.6 Å². The van der Waals surface area contributed by atoms with Crippen LogP contribution in [0.15, 0.2) is 6.20 Å². The Labute approximate surface area is 113 Å². The van der Waals surface area contributed by atoms with E-state index in [1.807, 2.05) is 6.92 Å². The Balaban J connectivity index is 2.78. The van der Waals surface area contributed by atoms with Gasteiger partial charge in [-0.05, 0) is 12.8 Å². The third-order valence-electron chi connectivity index (χ3n) is 2.53. The number of rotatable bonds is 7. The molecule has 0 aliphatic rings. The fourth-order valence-corrected chi connectivity index (χ4v) is 1.52. The first-order valence-electron chi connectivity index (χ1n) is 5.99. The molecule has 6 heteroatoms. The van der Waals surface area contributed by atoms with E-state index >= 15 is 0 Å². The number of anilines is 1. The van der Waals surface area contributed by atoms with E-state index < -0.39 is 0 Å². The number of nitrogens with one attached hydrogen (secondary N) is 1. The average molecular weight is 274 g/mol. The second-order valence-corrected chi connectivity index (χ2v) is 4.61. The number of hydrogen-bond acceptors (Lipinski definition) is 5. The van der Waals surface area contributed by atoms with Gasteiger partial charge in [-0.25, -0.2) is 4.98 Å². The summed E-state index contributed by atoms with van der Waals surface area (Å²) in [5.74, 6) is 0.968. The van der Waals surface area contributed by atoms with E-state index in [0.717, 1.165) is 0 Å². The molecule has 0 fully saturated rings. The molecule has 0 aromatic carbocycles. The molecule has 0 spiro atoms. The summed E-state index contributed by atoms with van der Waals surface area (Å²) in [6, 6.07) is 0.433. The van der Waals surface area contributed by atoms with Crippen LogP contribution in [-0.4, -0.2) is 36.3 Å². The molecule has 0 aliphatic carbocycles. The summed E-state index contributed by atoms with van der Waals surface area (Å²) in [7, 11) is 1.52. The Kier molecular flexibility index (Phi) is 6.15. The molecule has 5 nitrogen and oxygen atoms in total. The van der Waals surface area contributed by atoms with Crippen molar-refractivity contribution in [1.82, 2.24) is 9.97 Å². The monoisotopic (exact) mass is 273 g/mol. The summed E-state index contributed by atoms with van der Waals surface area (Å²) in [6.45, 7) is 7.49. The second-order valence-electron chi connectivity index (χ2n) is 4.21. The molecule has 1 N–H and O–H groups in total. The first-order valence-corrected chi connectivity index (χ1v) is 6.37. The topological polar surface area (TPSA) is 56.3 Å². The molecule has 0 aliphatic heterocycles. The second kappa shape index (κ2) is 7.38. The molecule has 1 aromatic heterocycles. The summed E-state index contributed by atoms with van der Waals surface area (Å²) < 4.78 is 10.4. The molecule has 0 saturated carbocycles. The lowest BCUT2D eigenvalue weighted by molar-refractivity contribution is 0.126. The maximum atomic E-state index is 6.05. The Morgan fingerprint density at radius 1 is 1.44 bits per heavy atom. The highest BCUT2D eigenvalue weighted by atomic mass is 35.5. The quantitative estimate of drug-likeness (QED) is 0.828. The van der Waals surface area contributed by atoms with Crippen molar-refractivity contribution in [2.45, 2.75) is 26.8 Å². The van der Waals surface area contributed by atoms with Crippen LogP contribution in [0.1, 0.15) is 20.8 Å². The van der Waals surface area contributed by atoms with E-state index in [-0.39, 0.29) is 6.04 Å². The molecule has 1 unspecified atom stereocenters. The minimum absolute atomic E-state index is 0.141. The van der Waals surface area contributed by atoms with Crippen LogP contribution in [0.5, 0.6) is 6.01 Å². The molecule has 1 aromatic rings. The largest absolute Gasteiger partial charge is 0.467 e. The average Bonchev–Trinajstić information content (AvgIpc) is 2.36. The number of halogens is 1. The van der Waals surface area contributed by atoms with Gasteiger partial charge < -0.3 is 14.8 Å². The molecule has 18 heavy (non-hydrogen) atoms. The molecular formula is C12H20ClN3O2. The molecule has 1 rings (SSSR count). The number of nitrogens with zero attached hydrogens (tertiary/aromatic N) is 2. The van der Waals surface area contributed by atoms with Gasteiger partial charge in [0.2, 0.25) is 0 Å². The van der Waals surface area contributed by atoms with Gasteiger partial charge in [0.05, 0.1) is 26.0 Å². The van der Waals surface area contributed by atoms with Crippen LogP contribution in [0, 0.1) is 5.92 Å². The summed E-state index contributed by atoms with van der Waals surface area (Å²) in [6.07, 6.45) is 1.52. The molecule has 0 saturated heterocycles. The van der Waals surface area contributed by atoms with E-state index in [9.17, 15) is 0 Å². The van der Waals surface area contributed by atoms with Crippen molar-refractivity contribution in [1.29, 1.82) is 0 Å². The van der Waals surface area contributed by atoms with E-state index in [0.29, 0.717) is 36.0 Å². The molecule has 1 heterocycles. The van der Waals surface area contributed by atoms with Gasteiger partial charge in [0.25, 0.3) is 0 Å². The maximum Gasteiger partial charge on any atom is 0.318 e. The smallest absolute Gasteiger partial charge is 0.318 e. The third kappa shape index (κ3) is 4.31. The van der Waals surface area contributed by atoms with Gasteiger partial charge in [-0.15, -0.1) is 0 Å². The predicted molar refractivity (Wildman–Crippen MR) is 72.3 cm³/mol. The van der Waals surface area contributed by atoms with Crippen molar-refractivity contribution >= 4 is 17.4 Å². The molecule has 1 atom stereocenters. The standard InChI is InChI=1S/C12H20ClN3O2/c1-5-18-7-10(8(2)3)15-11-9(13)6-14-12(16-11)17-4/h6,8,10H,5,7H2,1-4H3,(H,14,15,16). The highest BCUT2D eigenvalue weighted by Gasteiger charge is 2.16. The lowest BCUT2D eigenvalue weighted by atomic mass is 10.1. The SMILES string of the molecule is CCOCC(Nc1nc(OC)ncc1Cl)C(C)C. The van der Waals surface area contributed by atoms with Gasteiger partial charge in [-0.2, -0.15) is 4.98 Å². The zero-order chi connectivity index (χ0) is 13.5. The van der Waals surface area contributed by atoms with Crippen molar-refractivity contribution in [3.05, 3.63) is 11.2 Å². The fourth-order valence-electron chi connectivity index (χ4n) is 1.37. The van der Waals surface area contributed by atoms with Crippen molar-refractivity contribution in [3.8, 4) is 6.01 Å². The number of aromatic nitrogens is 2. The van der Waals surface area contributed by atoms with E-state index in [1.165, 1.54) is 13.3 Å². The highest BCUT2D eigenvalue weighted by molar-refractivity contribution is 6.32. The summed E-state index contributed by atoms with van der Waals surface area (Å²) in [5.41, 5.74) is 0. The van der Waals surface area contributed by atoms with Gasteiger partial charge >= 0.3 is 6.01 Å². The van der Waals surface area contributed by atoms with Gasteiger partial charge in [-0.1, -0.05) is 25.4 Å². The Morgan fingerprint density at radius 3 is 2.72 bits per heavy atom. The van der Waals surface area contributed by atoms with Crippen LogP contribution in [0.3, 0.4) is 0 Å². The van der Waals surface area contributed by atoms with Crippen LogP contribution < -0.4 is 10.1 Å². The van der Waals surface area contributed by atoms with E-state index in [2.05, 4.69) is 29.1 Å². The van der Waals surface area contributed by atoms with E-state index in [1.54, 1.807) is 0 Å². The van der Waals surface area contributed by atoms with Crippen LogP contribution >= 0.6 is 11.6 Å². The molecule has 0 radical (unpaired) electrons. The highest BCUT2D eigenvalue weighted by Crippen LogP contribution is 2.22. The van der Waals surface area contributed by atoms with Crippen LogP contribution in [0.4, 0.5) is 5.82 Å². The first-order chi connectivity index (χ1) is 8.58. The fraction of sp³-hybridized carbons (Fsp3) is 0.667.